The summed E-state index contributed by atoms with van der Waals surface area (Å²) in [5, 5.41) is 20.3. The largest absolute Gasteiger partial charge is 0.481 e. The molecule has 0 saturated carbocycles. The van der Waals surface area contributed by atoms with Crippen molar-refractivity contribution in [3.8, 4) is 0 Å². The van der Waals surface area contributed by atoms with E-state index < -0.39 is 17.9 Å². The van der Waals surface area contributed by atoms with Crippen LogP contribution in [0.1, 0.15) is 12.8 Å². The molecule has 0 radical (unpaired) electrons. The average Bonchev–Trinajstić information content (AvgIpc) is 2.03. The van der Waals surface area contributed by atoms with Gasteiger partial charge in [0.05, 0.1) is 12.3 Å². The van der Waals surface area contributed by atoms with E-state index in [0.717, 1.165) is 0 Å². The second-order valence-corrected chi connectivity index (χ2v) is 3.30. The molecule has 5 heteroatoms. The number of nitrogens with one attached hydrogen (secondary N) is 1. The third kappa shape index (κ3) is 2.69. The van der Waals surface area contributed by atoms with Gasteiger partial charge in [0, 0.05) is 0 Å². The third-order valence-electron chi connectivity index (χ3n) is 2.36. The van der Waals surface area contributed by atoms with Gasteiger partial charge < -0.3 is 15.5 Å². The Morgan fingerprint density at radius 3 is 2.62 bits per heavy atom. The molecule has 0 amide bonds. The molecule has 3 N–H and O–H groups in total. The van der Waals surface area contributed by atoms with Crippen molar-refractivity contribution in [1.82, 2.24) is 5.32 Å². The van der Waals surface area contributed by atoms with Crippen LogP contribution in [0, 0.1) is 11.8 Å². The molecule has 0 aromatic heterocycles. The maximum Gasteiger partial charge on any atom is 0.306 e. The molecular formula is C8H13NO4. The molecule has 1 fully saturated rings. The van der Waals surface area contributed by atoms with Crippen molar-refractivity contribution in [3.63, 3.8) is 0 Å². The molecule has 1 aliphatic heterocycles. The summed E-state index contributed by atoms with van der Waals surface area (Å²) in [5.41, 5.74) is 0. The lowest BCUT2D eigenvalue weighted by Crippen LogP contribution is -2.41. The first-order valence-corrected chi connectivity index (χ1v) is 4.26. The van der Waals surface area contributed by atoms with Gasteiger partial charge in [0.15, 0.2) is 0 Å². The van der Waals surface area contributed by atoms with Gasteiger partial charge in [-0.15, -0.1) is 0 Å². The molecule has 0 aromatic carbocycles. The van der Waals surface area contributed by atoms with E-state index in [2.05, 4.69) is 5.32 Å². The van der Waals surface area contributed by atoms with Crippen LogP contribution in [0.25, 0.3) is 0 Å². The summed E-state index contributed by atoms with van der Waals surface area (Å²) in [7, 11) is 0. The summed E-state index contributed by atoms with van der Waals surface area (Å²) in [4.78, 5) is 21.1. The molecule has 1 saturated heterocycles. The maximum atomic E-state index is 10.7. The number of hydrogen-bond acceptors (Lipinski definition) is 3. The summed E-state index contributed by atoms with van der Waals surface area (Å²) in [6, 6.07) is 0. The van der Waals surface area contributed by atoms with Crippen LogP contribution in [-0.2, 0) is 9.59 Å². The van der Waals surface area contributed by atoms with Crippen LogP contribution in [0.15, 0.2) is 0 Å². The van der Waals surface area contributed by atoms with Crippen molar-refractivity contribution in [2.45, 2.75) is 12.8 Å². The first-order chi connectivity index (χ1) is 6.11. The molecule has 0 bridgehead atoms. The fourth-order valence-corrected chi connectivity index (χ4v) is 1.69. The summed E-state index contributed by atoms with van der Waals surface area (Å²) < 4.78 is 0. The zero-order chi connectivity index (χ0) is 9.84. The average molecular weight is 187 g/mol. The van der Waals surface area contributed by atoms with Crippen molar-refractivity contribution in [2.24, 2.45) is 11.8 Å². The topological polar surface area (TPSA) is 86.6 Å². The zero-order valence-corrected chi connectivity index (χ0v) is 7.19. The van der Waals surface area contributed by atoms with Crippen LogP contribution in [0.3, 0.4) is 0 Å². The molecule has 1 rings (SSSR count). The minimum absolute atomic E-state index is 0.0655. The highest BCUT2D eigenvalue weighted by molar-refractivity contribution is 5.73. The first-order valence-electron chi connectivity index (χ1n) is 4.26. The Bertz CT molecular complexity index is 216. The van der Waals surface area contributed by atoms with Crippen LogP contribution < -0.4 is 5.32 Å². The maximum absolute atomic E-state index is 10.7. The summed E-state index contributed by atoms with van der Waals surface area (Å²) >= 11 is 0. The van der Waals surface area contributed by atoms with E-state index in [0.29, 0.717) is 19.5 Å². The number of carboxylic acid groups (broad SMARTS) is 2. The molecule has 2 unspecified atom stereocenters. The second-order valence-electron chi connectivity index (χ2n) is 3.30. The highest BCUT2D eigenvalue weighted by atomic mass is 16.4. The van der Waals surface area contributed by atoms with Gasteiger partial charge in [-0.2, -0.15) is 0 Å². The van der Waals surface area contributed by atoms with E-state index in [-0.39, 0.29) is 12.3 Å². The van der Waals surface area contributed by atoms with E-state index in [1.165, 1.54) is 0 Å². The molecule has 13 heavy (non-hydrogen) atoms. The lowest BCUT2D eigenvalue weighted by Gasteiger charge is -2.27. The standard InChI is InChI=1S/C8H13NO4/c10-7(11)3-5-4-9-2-1-6(5)8(12)13/h5-6,9H,1-4H2,(H,10,11)(H,12,13). The van der Waals surface area contributed by atoms with Gasteiger partial charge in [-0.3, -0.25) is 9.59 Å². The minimum Gasteiger partial charge on any atom is -0.481 e. The number of aliphatic carboxylic acids is 2. The van der Waals surface area contributed by atoms with Crippen molar-refractivity contribution >= 4 is 11.9 Å². The van der Waals surface area contributed by atoms with Gasteiger partial charge in [-0.05, 0) is 25.4 Å². The normalized spacial score (nSPS) is 28.3. The smallest absolute Gasteiger partial charge is 0.306 e. The second kappa shape index (κ2) is 4.23. The Labute approximate surface area is 75.7 Å². The van der Waals surface area contributed by atoms with Crippen molar-refractivity contribution in [1.29, 1.82) is 0 Å². The number of carbonyl (C=O) groups is 2. The highest BCUT2D eigenvalue weighted by Crippen LogP contribution is 2.22. The first kappa shape index (κ1) is 9.98. The molecule has 1 heterocycles. The fraction of sp³-hybridized carbons (Fsp3) is 0.750. The van der Waals surface area contributed by atoms with Gasteiger partial charge in [0.1, 0.15) is 0 Å². The van der Waals surface area contributed by atoms with Gasteiger partial charge in [0.25, 0.3) is 0 Å². The molecule has 0 aliphatic carbocycles. The van der Waals surface area contributed by atoms with E-state index in [9.17, 15) is 9.59 Å². The van der Waals surface area contributed by atoms with Crippen molar-refractivity contribution in [3.05, 3.63) is 0 Å². The Kier molecular flexibility index (Phi) is 3.25. The van der Waals surface area contributed by atoms with Crippen LogP contribution in [0.5, 0.6) is 0 Å². The lowest BCUT2D eigenvalue weighted by molar-refractivity contribution is -0.146. The van der Waals surface area contributed by atoms with Gasteiger partial charge in [-0.1, -0.05) is 0 Å². The molecule has 0 spiro atoms. The Hall–Kier alpha value is -1.10. The Morgan fingerprint density at radius 1 is 1.38 bits per heavy atom. The summed E-state index contributed by atoms with van der Waals surface area (Å²) in [5.74, 6) is -2.59. The van der Waals surface area contributed by atoms with Crippen molar-refractivity contribution < 1.29 is 19.8 Å². The molecular weight excluding hydrogens is 174 g/mol. The van der Waals surface area contributed by atoms with Crippen LogP contribution in [0.4, 0.5) is 0 Å². The lowest BCUT2D eigenvalue weighted by atomic mass is 9.84. The van der Waals surface area contributed by atoms with Gasteiger partial charge in [0.2, 0.25) is 0 Å². The molecule has 2 atom stereocenters. The predicted molar refractivity (Wildman–Crippen MR) is 44.4 cm³/mol. The molecule has 0 aromatic rings. The van der Waals surface area contributed by atoms with Crippen molar-refractivity contribution in [2.75, 3.05) is 13.1 Å². The fourth-order valence-electron chi connectivity index (χ4n) is 1.69. The molecule has 5 nitrogen and oxygen atoms in total. The number of hydrogen-bond donors (Lipinski definition) is 3. The SMILES string of the molecule is O=C(O)CC1CNCCC1C(=O)O. The van der Waals surface area contributed by atoms with E-state index in [4.69, 9.17) is 10.2 Å². The zero-order valence-electron chi connectivity index (χ0n) is 7.19. The predicted octanol–water partition coefficient (Wildman–Crippen LogP) is -0.229. The minimum atomic E-state index is -0.931. The van der Waals surface area contributed by atoms with Gasteiger partial charge >= 0.3 is 11.9 Å². The summed E-state index contributed by atoms with van der Waals surface area (Å²) in [6.45, 7) is 1.15. The molecule has 74 valence electrons. The number of rotatable bonds is 3. The third-order valence-corrected chi connectivity index (χ3v) is 2.36. The van der Waals surface area contributed by atoms with E-state index in [1.807, 2.05) is 0 Å². The van der Waals surface area contributed by atoms with Gasteiger partial charge in [-0.25, -0.2) is 0 Å². The molecule has 1 aliphatic rings. The van der Waals surface area contributed by atoms with Crippen LogP contribution in [0.2, 0.25) is 0 Å². The Morgan fingerprint density at radius 2 is 2.08 bits per heavy atom. The van der Waals surface area contributed by atoms with E-state index >= 15 is 0 Å². The monoisotopic (exact) mass is 187 g/mol. The number of piperidine rings is 1. The van der Waals surface area contributed by atoms with Crippen LogP contribution in [-0.4, -0.2) is 35.2 Å². The number of carboxylic acids is 2. The summed E-state index contributed by atoms with van der Waals surface area (Å²) in [6.07, 6.45) is 0.456. The Balaban J connectivity index is 2.56. The van der Waals surface area contributed by atoms with E-state index in [1.54, 1.807) is 0 Å². The van der Waals surface area contributed by atoms with Crippen LogP contribution >= 0.6 is 0 Å². The highest BCUT2D eigenvalue weighted by Gasteiger charge is 2.31. The quantitative estimate of drug-likeness (QED) is 0.568.